The molecule has 0 unspecified atom stereocenters. The van der Waals surface area contributed by atoms with E-state index in [9.17, 15) is 4.79 Å². The second-order valence-electron chi connectivity index (χ2n) is 4.03. The van der Waals surface area contributed by atoms with Crippen molar-refractivity contribution < 1.29 is 4.79 Å². The maximum absolute atomic E-state index is 11.5. The molecule has 3 rings (SSSR count). The Kier molecular flexibility index (Phi) is 2.70. The van der Waals surface area contributed by atoms with Crippen LogP contribution in [0.15, 0.2) is 42.7 Å². The second kappa shape index (κ2) is 4.51. The summed E-state index contributed by atoms with van der Waals surface area (Å²) < 4.78 is 0. The number of imidazole rings is 1. The highest BCUT2D eigenvalue weighted by molar-refractivity contribution is 5.97. The van der Waals surface area contributed by atoms with Gasteiger partial charge >= 0.3 is 0 Å². The topological polar surface area (TPSA) is 96.7 Å². The van der Waals surface area contributed by atoms with Crippen LogP contribution in [-0.2, 0) is 0 Å². The summed E-state index contributed by atoms with van der Waals surface area (Å²) in [6.07, 6.45) is 3.43. The molecule has 0 saturated carbocycles. The highest BCUT2D eigenvalue weighted by Gasteiger charge is 2.08. The Hall–Kier alpha value is -2.73. The average Bonchev–Trinajstić information content (AvgIpc) is 2.90. The summed E-state index contributed by atoms with van der Waals surface area (Å²) in [4.78, 5) is 23.1. The second-order valence-corrected chi connectivity index (χ2v) is 4.03. The first kappa shape index (κ1) is 11.4. The Morgan fingerprint density at radius 1 is 1.32 bits per heavy atom. The minimum atomic E-state index is -0.334. The molecule has 6 nitrogen and oxygen atoms in total. The van der Waals surface area contributed by atoms with Crippen LogP contribution >= 0.6 is 0 Å². The molecule has 19 heavy (non-hydrogen) atoms. The summed E-state index contributed by atoms with van der Waals surface area (Å²) in [6.45, 7) is 0. The fraction of sp³-hybridized carbons (Fsp3) is 0. The minimum absolute atomic E-state index is 0.334. The van der Waals surface area contributed by atoms with Crippen LogP contribution < -0.4 is 11.3 Å². The lowest BCUT2D eigenvalue weighted by molar-refractivity contribution is 0.0954. The van der Waals surface area contributed by atoms with E-state index in [1.165, 1.54) is 0 Å². The van der Waals surface area contributed by atoms with Crippen LogP contribution in [0.4, 0.5) is 0 Å². The smallest absolute Gasteiger partial charge is 0.265 e. The summed E-state index contributed by atoms with van der Waals surface area (Å²) in [5, 5.41) is 0. The predicted octanol–water partition coefficient (Wildman–Crippen LogP) is 1.23. The van der Waals surface area contributed by atoms with Crippen molar-refractivity contribution in [3.05, 3.63) is 48.3 Å². The minimum Gasteiger partial charge on any atom is -0.338 e. The Balaban J connectivity index is 2.09. The number of benzene rings is 1. The maximum atomic E-state index is 11.5. The van der Waals surface area contributed by atoms with Gasteiger partial charge in [-0.05, 0) is 30.3 Å². The van der Waals surface area contributed by atoms with Gasteiger partial charge < -0.3 is 4.98 Å². The number of aromatic nitrogens is 3. The quantitative estimate of drug-likeness (QED) is 0.363. The SMILES string of the molecule is NNC(=O)c1ccc2nc(-c3cccnc3)[nH]c2c1. The normalized spacial score (nSPS) is 10.6. The molecular weight excluding hydrogens is 242 g/mol. The number of hydrogen-bond donors (Lipinski definition) is 3. The van der Waals surface area contributed by atoms with E-state index >= 15 is 0 Å². The number of nitrogens with one attached hydrogen (secondary N) is 2. The third-order valence-electron chi connectivity index (χ3n) is 2.81. The van der Waals surface area contributed by atoms with Gasteiger partial charge in [0.15, 0.2) is 0 Å². The monoisotopic (exact) mass is 253 g/mol. The Labute approximate surface area is 108 Å². The number of H-pyrrole nitrogens is 1. The summed E-state index contributed by atoms with van der Waals surface area (Å²) in [5.41, 5.74) is 5.04. The van der Waals surface area contributed by atoms with Crippen LogP contribution in [0, 0.1) is 0 Å². The summed E-state index contributed by atoms with van der Waals surface area (Å²) in [7, 11) is 0. The average molecular weight is 253 g/mol. The first-order chi connectivity index (χ1) is 9.28. The van der Waals surface area contributed by atoms with E-state index in [-0.39, 0.29) is 5.91 Å². The fourth-order valence-electron chi connectivity index (χ4n) is 1.87. The van der Waals surface area contributed by atoms with Crippen LogP contribution in [0.1, 0.15) is 10.4 Å². The lowest BCUT2D eigenvalue weighted by Gasteiger charge is -1.98. The van der Waals surface area contributed by atoms with Crippen LogP contribution in [0.5, 0.6) is 0 Å². The van der Waals surface area contributed by atoms with E-state index in [4.69, 9.17) is 5.84 Å². The number of fused-ring (bicyclic) bond motifs is 1. The first-order valence-electron chi connectivity index (χ1n) is 5.69. The van der Waals surface area contributed by atoms with Gasteiger partial charge in [-0.3, -0.25) is 15.2 Å². The number of aromatic amines is 1. The molecule has 6 heteroatoms. The molecule has 4 N–H and O–H groups in total. The van der Waals surface area contributed by atoms with Gasteiger partial charge in [0.05, 0.1) is 11.0 Å². The number of carbonyl (C=O) groups is 1. The molecule has 0 aliphatic heterocycles. The molecule has 94 valence electrons. The molecule has 1 amide bonds. The molecule has 0 atom stereocenters. The van der Waals surface area contributed by atoms with Gasteiger partial charge in [0.1, 0.15) is 5.82 Å². The van der Waals surface area contributed by atoms with E-state index in [1.807, 2.05) is 12.1 Å². The van der Waals surface area contributed by atoms with Gasteiger partial charge in [-0.1, -0.05) is 0 Å². The van der Waals surface area contributed by atoms with E-state index in [0.717, 1.165) is 16.6 Å². The zero-order valence-electron chi connectivity index (χ0n) is 9.92. The molecule has 2 heterocycles. The lowest BCUT2D eigenvalue weighted by Crippen LogP contribution is -2.29. The van der Waals surface area contributed by atoms with E-state index < -0.39 is 0 Å². The number of rotatable bonds is 2. The molecule has 3 aromatic rings. The van der Waals surface area contributed by atoms with Gasteiger partial charge in [0.2, 0.25) is 0 Å². The zero-order chi connectivity index (χ0) is 13.2. The van der Waals surface area contributed by atoms with Crippen molar-refractivity contribution in [2.75, 3.05) is 0 Å². The van der Waals surface area contributed by atoms with Crippen LogP contribution in [0.25, 0.3) is 22.4 Å². The molecule has 0 spiro atoms. The van der Waals surface area contributed by atoms with Gasteiger partial charge in [0.25, 0.3) is 5.91 Å². The predicted molar refractivity (Wildman–Crippen MR) is 71.0 cm³/mol. The van der Waals surface area contributed by atoms with Crippen molar-refractivity contribution >= 4 is 16.9 Å². The Morgan fingerprint density at radius 2 is 2.21 bits per heavy atom. The molecule has 0 bridgehead atoms. The third-order valence-corrected chi connectivity index (χ3v) is 2.81. The molecule has 0 aliphatic rings. The first-order valence-corrected chi connectivity index (χ1v) is 5.69. The summed E-state index contributed by atoms with van der Waals surface area (Å²) in [5.74, 6) is 5.49. The van der Waals surface area contributed by atoms with Crippen molar-refractivity contribution in [1.82, 2.24) is 20.4 Å². The number of amides is 1. The standard InChI is InChI=1S/C13H11N5O/c14-18-13(19)8-3-4-10-11(6-8)17-12(16-10)9-2-1-5-15-7-9/h1-7H,14H2,(H,16,17)(H,18,19). The van der Waals surface area contributed by atoms with Crippen molar-refractivity contribution in [2.24, 2.45) is 5.84 Å². The number of hydrazine groups is 1. The van der Waals surface area contributed by atoms with Gasteiger partial charge in [0, 0.05) is 23.5 Å². The number of nitrogens with zero attached hydrogens (tertiary/aromatic N) is 2. The number of hydrogen-bond acceptors (Lipinski definition) is 4. The number of nitrogen functional groups attached to an aromatic ring is 1. The molecule has 0 saturated heterocycles. The van der Waals surface area contributed by atoms with Crippen molar-refractivity contribution in [3.8, 4) is 11.4 Å². The van der Waals surface area contributed by atoms with Crippen LogP contribution in [0.3, 0.4) is 0 Å². The fourth-order valence-corrected chi connectivity index (χ4v) is 1.87. The van der Waals surface area contributed by atoms with Gasteiger partial charge in [-0.2, -0.15) is 0 Å². The number of pyridine rings is 1. The van der Waals surface area contributed by atoms with Gasteiger partial charge in [-0.25, -0.2) is 10.8 Å². The largest absolute Gasteiger partial charge is 0.338 e. The molecule has 2 aromatic heterocycles. The maximum Gasteiger partial charge on any atom is 0.265 e. The molecule has 0 fully saturated rings. The molecular formula is C13H11N5O. The van der Waals surface area contributed by atoms with Crippen molar-refractivity contribution in [2.45, 2.75) is 0 Å². The van der Waals surface area contributed by atoms with Gasteiger partial charge in [-0.15, -0.1) is 0 Å². The third kappa shape index (κ3) is 2.04. The number of carbonyl (C=O) groups excluding carboxylic acids is 1. The Morgan fingerprint density at radius 3 is 2.95 bits per heavy atom. The lowest BCUT2D eigenvalue weighted by atomic mass is 10.2. The zero-order valence-corrected chi connectivity index (χ0v) is 9.92. The summed E-state index contributed by atoms with van der Waals surface area (Å²) >= 11 is 0. The summed E-state index contributed by atoms with van der Waals surface area (Å²) in [6, 6.07) is 8.92. The Bertz CT molecular complexity index is 735. The van der Waals surface area contributed by atoms with E-state index in [2.05, 4.69) is 20.4 Å². The number of nitrogens with two attached hydrogens (primary N) is 1. The molecule has 0 aliphatic carbocycles. The van der Waals surface area contributed by atoms with Crippen molar-refractivity contribution in [3.63, 3.8) is 0 Å². The molecule has 0 radical (unpaired) electrons. The van der Waals surface area contributed by atoms with Crippen LogP contribution in [-0.4, -0.2) is 20.9 Å². The van der Waals surface area contributed by atoms with E-state index in [0.29, 0.717) is 11.4 Å². The highest BCUT2D eigenvalue weighted by Crippen LogP contribution is 2.20. The highest BCUT2D eigenvalue weighted by atomic mass is 16.2. The molecule has 1 aromatic carbocycles. The van der Waals surface area contributed by atoms with Crippen LogP contribution in [0.2, 0.25) is 0 Å². The van der Waals surface area contributed by atoms with Crippen molar-refractivity contribution in [1.29, 1.82) is 0 Å². The van der Waals surface area contributed by atoms with E-state index in [1.54, 1.807) is 30.6 Å².